The van der Waals surface area contributed by atoms with E-state index in [0.29, 0.717) is 19.2 Å². The van der Waals surface area contributed by atoms with E-state index in [0.717, 1.165) is 6.54 Å². The molecule has 1 aliphatic rings. The van der Waals surface area contributed by atoms with E-state index in [-0.39, 0.29) is 0 Å². The molecule has 1 aliphatic carbocycles. The summed E-state index contributed by atoms with van der Waals surface area (Å²) in [5.74, 6) is 0. The highest BCUT2D eigenvalue weighted by atomic mass is 16.5. The third-order valence-electron chi connectivity index (χ3n) is 3.86. The Balaban J connectivity index is 1.94. The molecular weight excluding hydrogens is 242 g/mol. The molecule has 4 nitrogen and oxygen atoms in total. The van der Waals surface area contributed by atoms with Crippen molar-refractivity contribution in [3.63, 3.8) is 0 Å². The van der Waals surface area contributed by atoms with Gasteiger partial charge in [0.25, 0.3) is 0 Å². The van der Waals surface area contributed by atoms with E-state index in [1.165, 1.54) is 37.7 Å². The lowest BCUT2D eigenvalue weighted by atomic mass is 9.93. The molecule has 1 atom stereocenters. The van der Waals surface area contributed by atoms with Gasteiger partial charge in [-0.2, -0.15) is 0 Å². The summed E-state index contributed by atoms with van der Waals surface area (Å²) in [6.45, 7) is 1.92. The summed E-state index contributed by atoms with van der Waals surface area (Å²) in [6.07, 6.45) is 9.49. The first-order valence-electron chi connectivity index (χ1n) is 7.21. The van der Waals surface area contributed by atoms with Gasteiger partial charge in [-0.25, -0.2) is 0 Å². The zero-order chi connectivity index (χ0) is 13.5. The number of nitrogens with zero attached hydrogens (tertiary/aromatic N) is 1. The van der Waals surface area contributed by atoms with E-state index in [1.807, 2.05) is 6.07 Å². The Kier molecular flexibility index (Phi) is 5.89. The van der Waals surface area contributed by atoms with Crippen molar-refractivity contribution in [2.24, 2.45) is 0 Å². The molecule has 0 saturated heterocycles. The number of aliphatic hydroxyl groups is 1. The maximum Gasteiger partial charge on any atom is 0.0947 e. The summed E-state index contributed by atoms with van der Waals surface area (Å²) < 4.78 is 10.2. The minimum atomic E-state index is -0.418. The Hall–Kier alpha value is -0.840. The van der Waals surface area contributed by atoms with Gasteiger partial charge in [0.2, 0.25) is 0 Å². The summed E-state index contributed by atoms with van der Waals surface area (Å²) >= 11 is 0. The fourth-order valence-electron chi connectivity index (χ4n) is 2.92. The minimum absolute atomic E-state index is 0.397. The van der Waals surface area contributed by atoms with Gasteiger partial charge >= 0.3 is 0 Å². The molecule has 0 amide bonds. The zero-order valence-corrected chi connectivity index (χ0v) is 11.8. The lowest BCUT2D eigenvalue weighted by Gasteiger charge is -2.35. The topological polar surface area (TPSA) is 45.8 Å². The average molecular weight is 267 g/mol. The van der Waals surface area contributed by atoms with Crippen LogP contribution in [0.4, 0.5) is 0 Å². The average Bonchev–Trinajstić information content (AvgIpc) is 2.92. The molecule has 19 heavy (non-hydrogen) atoms. The Morgan fingerprint density at radius 2 is 2.21 bits per heavy atom. The summed E-state index contributed by atoms with van der Waals surface area (Å²) in [7, 11) is 1.63. The maximum atomic E-state index is 9.99. The smallest absolute Gasteiger partial charge is 0.0947 e. The molecule has 0 aliphatic heterocycles. The number of hydrogen-bond acceptors (Lipinski definition) is 4. The number of ether oxygens (including phenoxy) is 1. The monoisotopic (exact) mass is 267 g/mol. The highest BCUT2D eigenvalue weighted by Crippen LogP contribution is 2.24. The number of methoxy groups -OCH3 is 1. The first-order chi connectivity index (χ1) is 9.29. The molecule has 0 radical (unpaired) electrons. The normalized spacial score (nSPS) is 18.9. The number of hydrogen-bond donors (Lipinski definition) is 1. The van der Waals surface area contributed by atoms with E-state index in [2.05, 4.69) is 4.90 Å². The van der Waals surface area contributed by atoms with Gasteiger partial charge in [-0.15, -0.1) is 0 Å². The van der Waals surface area contributed by atoms with Crippen molar-refractivity contribution < 1.29 is 14.3 Å². The molecule has 1 fully saturated rings. The van der Waals surface area contributed by atoms with Gasteiger partial charge in [0.15, 0.2) is 0 Å². The van der Waals surface area contributed by atoms with Gasteiger partial charge in [-0.05, 0) is 18.9 Å². The quantitative estimate of drug-likeness (QED) is 0.824. The van der Waals surface area contributed by atoms with Gasteiger partial charge in [0.05, 0.1) is 25.2 Å². The van der Waals surface area contributed by atoms with Crippen molar-refractivity contribution in [3.8, 4) is 0 Å². The molecule has 1 aromatic heterocycles. The third kappa shape index (κ3) is 4.64. The van der Waals surface area contributed by atoms with E-state index in [9.17, 15) is 5.11 Å². The fraction of sp³-hybridized carbons (Fsp3) is 0.733. The van der Waals surface area contributed by atoms with Crippen molar-refractivity contribution in [2.75, 3.05) is 20.3 Å². The Morgan fingerprint density at radius 1 is 1.42 bits per heavy atom. The highest BCUT2D eigenvalue weighted by molar-refractivity contribution is 5.05. The van der Waals surface area contributed by atoms with Crippen molar-refractivity contribution in [1.29, 1.82) is 0 Å². The fourth-order valence-corrected chi connectivity index (χ4v) is 2.92. The van der Waals surface area contributed by atoms with Gasteiger partial charge in [-0.3, -0.25) is 4.90 Å². The SMILES string of the molecule is COC[C@@H](O)CN(Cc1ccoc1)C1CCCCC1. The number of aliphatic hydroxyl groups excluding tert-OH is 1. The Labute approximate surface area is 115 Å². The van der Waals surface area contributed by atoms with Crippen LogP contribution in [0, 0.1) is 0 Å². The van der Waals surface area contributed by atoms with Crippen LogP contribution in [0.2, 0.25) is 0 Å². The number of furan rings is 1. The van der Waals surface area contributed by atoms with Crippen molar-refractivity contribution in [1.82, 2.24) is 4.90 Å². The molecule has 4 heteroatoms. The molecule has 2 rings (SSSR count). The summed E-state index contributed by atoms with van der Waals surface area (Å²) in [6, 6.07) is 2.58. The molecule has 1 aromatic rings. The van der Waals surface area contributed by atoms with Crippen LogP contribution in [-0.2, 0) is 11.3 Å². The van der Waals surface area contributed by atoms with Gasteiger partial charge in [0, 0.05) is 31.8 Å². The van der Waals surface area contributed by atoms with Gasteiger partial charge in [0.1, 0.15) is 0 Å². The molecule has 0 unspecified atom stereocenters. The first kappa shape index (κ1) is 14.6. The molecule has 0 aromatic carbocycles. The maximum absolute atomic E-state index is 9.99. The zero-order valence-electron chi connectivity index (χ0n) is 11.8. The molecule has 0 bridgehead atoms. The highest BCUT2D eigenvalue weighted by Gasteiger charge is 2.23. The van der Waals surface area contributed by atoms with E-state index < -0.39 is 6.10 Å². The van der Waals surface area contributed by atoms with Crippen LogP contribution in [0.1, 0.15) is 37.7 Å². The summed E-state index contributed by atoms with van der Waals surface area (Å²) in [5.41, 5.74) is 1.18. The molecule has 1 saturated carbocycles. The van der Waals surface area contributed by atoms with Crippen LogP contribution in [0.5, 0.6) is 0 Å². The largest absolute Gasteiger partial charge is 0.472 e. The van der Waals surface area contributed by atoms with Crippen molar-refractivity contribution in [3.05, 3.63) is 24.2 Å². The second kappa shape index (κ2) is 7.68. The molecule has 108 valence electrons. The molecular formula is C15H25NO3. The lowest BCUT2D eigenvalue weighted by Crippen LogP contribution is -2.42. The van der Waals surface area contributed by atoms with Crippen LogP contribution in [-0.4, -0.2) is 42.4 Å². The Morgan fingerprint density at radius 3 is 2.84 bits per heavy atom. The van der Waals surface area contributed by atoms with Crippen LogP contribution >= 0.6 is 0 Å². The second-order valence-corrected chi connectivity index (χ2v) is 5.46. The predicted molar refractivity (Wildman–Crippen MR) is 73.9 cm³/mol. The van der Waals surface area contributed by atoms with Crippen LogP contribution in [0.25, 0.3) is 0 Å². The van der Waals surface area contributed by atoms with Crippen LogP contribution < -0.4 is 0 Å². The van der Waals surface area contributed by atoms with E-state index >= 15 is 0 Å². The standard InChI is InChI=1S/C15H25NO3/c1-18-12-15(17)10-16(9-13-7-8-19-11-13)14-5-3-2-4-6-14/h7-8,11,14-15,17H,2-6,9-10,12H2,1H3/t15-/m0/s1. The van der Waals surface area contributed by atoms with Crippen molar-refractivity contribution >= 4 is 0 Å². The van der Waals surface area contributed by atoms with Crippen molar-refractivity contribution in [2.45, 2.75) is 50.8 Å². The second-order valence-electron chi connectivity index (χ2n) is 5.46. The minimum Gasteiger partial charge on any atom is -0.472 e. The van der Waals surface area contributed by atoms with Crippen LogP contribution in [0.15, 0.2) is 23.0 Å². The first-order valence-corrected chi connectivity index (χ1v) is 7.21. The summed E-state index contributed by atoms with van der Waals surface area (Å²) in [4.78, 5) is 2.38. The van der Waals surface area contributed by atoms with Gasteiger partial charge in [-0.1, -0.05) is 19.3 Å². The van der Waals surface area contributed by atoms with Gasteiger partial charge < -0.3 is 14.3 Å². The molecule has 1 N–H and O–H groups in total. The number of rotatable bonds is 7. The van der Waals surface area contributed by atoms with E-state index in [1.54, 1.807) is 19.6 Å². The lowest BCUT2D eigenvalue weighted by molar-refractivity contribution is 0.0181. The third-order valence-corrected chi connectivity index (χ3v) is 3.86. The van der Waals surface area contributed by atoms with Crippen LogP contribution in [0.3, 0.4) is 0 Å². The summed E-state index contributed by atoms with van der Waals surface area (Å²) in [5, 5.41) is 9.99. The Bertz CT molecular complexity index is 333. The molecule has 0 spiro atoms. The predicted octanol–water partition coefficient (Wildman–Crippen LogP) is 2.42. The molecule has 1 heterocycles. The van der Waals surface area contributed by atoms with E-state index in [4.69, 9.17) is 9.15 Å².